The molecule has 0 unspecified atom stereocenters. The van der Waals surface area contributed by atoms with Crippen molar-refractivity contribution in [3.8, 4) is 11.5 Å². The topological polar surface area (TPSA) is 59.5 Å². The molecule has 6 heteroatoms. The van der Waals surface area contributed by atoms with E-state index in [-0.39, 0.29) is 0 Å². The minimum Gasteiger partial charge on any atom is -0.493 e. The third kappa shape index (κ3) is 3.71. The van der Waals surface area contributed by atoms with Crippen LogP contribution < -0.4 is 19.7 Å². The minimum absolute atomic E-state index is 0.570. The molecule has 0 saturated carbocycles. The highest BCUT2D eigenvalue weighted by molar-refractivity contribution is 5.61. The first-order valence-corrected chi connectivity index (χ1v) is 9.33. The Morgan fingerprint density at radius 2 is 1.71 bits per heavy atom. The summed E-state index contributed by atoms with van der Waals surface area (Å²) in [6.45, 7) is 3.80. The van der Waals surface area contributed by atoms with Gasteiger partial charge in [0.05, 0.1) is 14.2 Å². The maximum absolute atomic E-state index is 5.38. The monoisotopic (exact) mass is 376 g/mol. The average molecular weight is 376 g/mol. The van der Waals surface area contributed by atoms with Gasteiger partial charge in [0, 0.05) is 36.6 Å². The molecule has 0 saturated heterocycles. The number of rotatable bonds is 5. The maximum Gasteiger partial charge on any atom is 0.229 e. The first-order chi connectivity index (χ1) is 13.7. The van der Waals surface area contributed by atoms with E-state index in [1.165, 1.54) is 11.1 Å². The molecule has 1 aromatic heterocycles. The second-order valence-electron chi connectivity index (χ2n) is 6.83. The van der Waals surface area contributed by atoms with Crippen LogP contribution in [0.1, 0.15) is 16.8 Å². The Kier molecular flexibility index (Phi) is 5.02. The summed E-state index contributed by atoms with van der Waals surface area (Å²) >= 11 is 0. The van der Waals surface area contributed by atoms with Gasteiger partial charge in [0.25, 0.3) is 0 Å². The Balaban J connectivity index is 1.58. The van der Waals surface area contributed by atoms with E-state index in [0.29, 0.717) is 17.4 Å². The van der Waals surface area contributed by atoms with Crippen molar-refractivity contribution in [2.45, 2.75) is 19.9 Å². The molecule has 0 fully saturated rings. The van der Waals surface area contributed by atoms with Gasteiger partial charge in [-0.25, -0.2) is 4.98 Å². The number of aromatic nitrogens is 2. The van der Waals surface area contributed by atoms with Gasteiger partial charge in [-0.3, -0.25) is 0 Å². The molecular weight excluding hydrogens is 352 g/mol. The number of ether oxygens (including phenoxy) is 2. The number of nitrogens with zero attached hydrogens (tertiary/aromatic N) is 3. The highest BCUT2D eigenvalue weighted by atomic mass is 16.5. The van der Waals surface area contributed by atoms with Gasteiger partial charge in [-0.2, -0.15) is 4.98 Å². The third-order valence-electron chi connectivity index (χ3n) is 4.94. The van der Waals surface area contributed by atoms with E-state index in [1.807, 2.05) is 31.2 Å². The van der Waals surface area contributed by atoms with Gasteiger partial charge in [0.1, 0.15) is 5.82 Å². The Morgan fingerprint density at radius 3 is 2.50 bits per heavy atom. The van der Waals surface area contributed by atoms with Gasteiger partial charge in [-0.05, 0) is 36.6 Å². The number of fused-ring (bicyclic) bond motifs is 1. The van der Waals surface area contributed by atoms with Gasteiger partial charge in [0.15, 0.2) is 11.5 Å². The summed E-state index contributed by atoms with van der Waals surface area (Å²) in [5.74, 6) is 2.85. The van der Waals surface area contributed by atoms with Crippen molar-refractivity contribution < 1.29 is 9.47 Å². The van der Waals surface area contributed by atoms with Crippen LogP contribution in [0.5, 0.6) is 11.5 Å². The van der Waals surface area contributed by atoms with Gasteiger partial charge < -0.3 is 19.7 Å². The predicted octanol–water partition coefficient (Wildman–Crippen LogP) is 4.11. The summed E-state index contributed by atoms with van der Waals surface area (Å²) in [7, 11) is 3.24. The highest BCUT2D eigenvalue weighted by Gasteiger charge is 2.18. The molecule has 0 atom stereocenters. The number of aryl methyl sites for hydroxylation is 1. The zero-order chi connectivity index (χ0) is 19.5. The van der Waals surface area contributed by atoms with Gasteiger partial charge >= 0.3 is 0 Å². The van der Waals surface area contributed by atoms with E-state index < -0.39 is 0 Å². The second kappa shape index (κ2) is 7.76. The molecule has 0 amide bonds. The van der Waals surface area contributed by atoms with E-state index in [4.69, 9.17) is 14.5 Å². The van der Waals surface area contributed by atoms with E-state index >= 15 is 0 Å². The van der Waals surface area contributed by atoms with E-state index in [9.17, 15) is 0 Å². The van der Waals surface area contributed by atoms with Crippen LogP contribution >= 0.6 is 0 Å². The molecule has 3 aromatic rings. The zero-order valence-corrected chi connectivity index (χ0v) is 16.4. The lowest BCUT2D eigenvalue weighted by molar-refractivity contribution is 0.355. The molecule has 1 aliphatic heterocycles. The van der Waals surface area contributed by atoms with Gasteiger partial charge in [-0.15, -0.1) is 0 Å². The summed E-state index contributed by atoms with van der Waals surface area (Å²) in [6.07, 6.45) is 1.03. The molecule has 2 aromatic carbocycles. The van der Waals surface area contributed by atoms with Crippen LogP contribution in [0.4, 0.5) is 17.5 Å². The fourth-order valence-electron chi connectivity index (χ4n) is 3.50. The first-order valence-electron chi connectivity index (χ1n) is 9.33. The van der Waals surface area contributed by atoms with Crippen LogP contribution in [0.2, 0.25) is 0 Å². The number of anilines is 3. The summed E-state index contributed by atoms with van der Waals surface area (Å²) < 4.78 is 10.7. The van der Waals surface area contributed by atoms with Crippen LogP contribution in [-0.2, 0) is 13.0 Å². The normalized spacial score (nSPS) is 13.0. The molecule has 0 aliphatic carbocycles. The molecule has 6 nitrogen and oxygen atoms in total. The van der Waals surface area contributed by atoms with Crippen molar-refractivity contribution in [1.29, 1.82) is 0 Å². The van der Waals surface area contributed by atoms with Crippen molar-refractivity contribution >= 4 is 17.5 Å². The second-order valence-corrected chi connectivity index (χ2v) is 6.83. The molecule has 0 spiro atoms. The molecule has 1 N–H and O–H groups in total. The van der Waals surface area contributed by atoms with Gasteiger partial charge in [-0.1, -0.05) is 24.3 Å². The van der Waals surface area contributed by atoms with Crippen LogP contribution in [0.15, 0.2) is 48.5 Å². The van der Waals surface area contributed by atoms with Crippen molar-refractivity contribution in [1.82, 2.24) is 9.97 Å². The molecule has 0 bridgehead atoms. The summed E-state index contributed by atoms with van der Waals surface area (Å²) in [5, 5.41) is 3.28. The smallest absolute Gasteiger partial charge is 0.229 e. The Morgan fingerprint density at radius 1 is 0.929 bits per heavy atom. The minimum atomic E-state index is 0.570. The van der Waals surface area contributed by atoms with E-state index in [0.717, 1.165) is 36.7 Å². The number of nitrogens with one attached hydrogen (secondary N) is 1. The van der Waals surface area contributed by atoms with Crippen molar-refractivity contribution in [3.63, 3.8) is 0 Å². The van der Waals surface area contributed by atoms with E-state index in [2.05, 4.69) is 39.5 Å². The summed E-state index contributed by atoms with van der Waals surface area (Å²) in [5.41, 5.74) is 4.55. The number of benzene rings is 2. The Hall–Kier alpha value is -3.28. The molecule has 0 radical (unpaired) electrons. The standard InChI is InChI=1S/C22H24N4O2/c1-15-12-21(26-11-10-16-6-4-5-7-17(16)14-26)25-22(23-15)24-18-8-9-19(27-2)20(13-18)28-3/h4-9,12-13H,10-11,14H2,1-3H3,(H,23,24,25). The lowest BCUT2D eigenvalue weighted by Gasteiger charge is -2.30. The third-order valence-corrected chi connectivity index (χ3v) is 4.94. The molecule has 2 heterocycles. The molecular formula is C22H24N4O2. The summed E-state index contributed by atoms with van der Waals surface area (Å²) in [6, 6.07) is 16.3. The fourth-order valence-corrected chi connectivity index (χ4v) is 3.50. The summed E-state index contributed by atoms with van der Waals surface area (Å²) in [4.78, 5) is 11.6. The molecule has 1 aliphatic rings. The maximum atomic E-state index is 5.38. The van der Waals surface area contributed by atoms with Gasteiger partial charge in [0.2, 0.25) is 5.95 Å². The largest absolute Gasteiger partial charge is 0.493 e. The quantitative estimate of drug-likeness (QED) is 0.723. The van der Waals surface area contributed by atoms with E-state index in [1.54, 1.807) is 14.2 Å². The highest BCUT2D eigenvalue weighted by Crippen LogP contribution is 2.31. The first kappa shape index (κ1) is 18.1. The van der Waals surface area contributed by atoms with Crippen LogP contribution in [0, 0.1) is 6.92 Å². The number of methoxy groups -OCH3 is 2. The number of hydrogen-bond donors (Lipinski definition) is 1. The molecule has 144 valence electrons. The fraction of sp³-hybridized carbons (Fsp3) is 0.273. The molecule has 28 heavy (non-hydrogen) atoms. The lowest BCUT2D eigenvalue weighted by atomic mass is 10.00. The number of hydrogen-bond acceptors (Lipinski definition) is 6. The SMILES string of the molecule is COc1ccc(Nc2nc(C)cc(N3CCc4ccccc4C3)n2)cc1OC. The predicted molar refractivity (Wildman–Crippen MR) is 111 cm³/mol. The lowest BCUT2D eigenvalue weighted by Crippen LogP contribution is -2.31. The van der Waals surface area contributed by atoms with Crippen molar-refractivity contribution in [3.05, 3.63) is 65.4 Å². The van der Waals surface area contributed by atoms with Crippen molar-refractivity contribution in [2.75, 3.05) is 31.0 Å². The van der Waals surface area contributed by atoms with Crippen molar-refractivity contribution in [2.24, 2.45) is 0 Å². The zero-order valence-electron chi connectivity index (χ0n) is 16.4. The van der Waals surface area contributed by atoms with Crippen LogP contribution in [0.3, 0.4) is 0 Å². The van der Waals surface area contributed by atoms with Crippen LogP contribution in [-0.4, -0.2) is 30.7 Å². The molecule has 4 rings (SSSR count). The Labute approximate surface area is 165 Å². The average Bonchev–Trinajstić information content (AvgIpc) is 2.73. The van der Waals surface area contributed by atoms with Crippen LogP contribution in [0.25, 0.3) is 0 Å². The Bertz CT molecular complexity index is 990.